The van der Waals surface area contributed by atoms with Crippen molar-refractivity contribution in [1.82, 2.24) is 0 Å². The van der Waals surface area contributed by atoms with E-state index in [9.17, 15) is 22.8 Å². The number of rotatable bonds is 5. The van der Waals surface area contributed by atoms with E-state index in [1.54, 1.807) is 6.92 Å². The van der Waals surface area contributed by atoms with E-state index in [-0.39, 0.29) is 6.42 Å². The van der Waals surface area contributed by atoms with Crippen molar-refractivity contribution in [2.75, 3.05) is 14.2 Å². The van der Waals surface area contributed by atoms with E-state index >= 15 is 0 Å². The van der Waals surface area contributed by atoms with Crippen LogP contribution >= 0.6 is 0 Å². The lowest BCUT2D eigenvalue weighted by Gasteiger charge is -2.30. The van der Waals surface area contributed by atoms with Gasteiger partial charge >= 0.3 is 18.1 Å². The van der Waals surface area contributed by atoms with E-state index in [2.05, 4.69) is 9.47 Å². The maximum atomic E-state index is 13.0. The fourth-order valence-corrected chi connectivity index (χ4v) is 1.45. The fourth-order valence-electron chi connectivity index (χ4n) is 1.45. The van der Waals surface area contributed by atoms with Crippen LogP contribution in [0.2, 0.25) is 0 Å². The molecule has 0 aliphatic carbocycles. The summed E-state index contributed by atoms with van der Waals surface area (Å²) < 4.78 is 47.1. The van der Waals surface area contributed by atoms with Gasteiger partial charge in [-0.25, -0.2) is 0 Å². The lowest BCUT2D eigenvalue weighted by atomic mass is 9.82. The number of hydrogen-bond donors (Lipinski definition) is 0. The summed E-state index contributed by atoms with van der Waals surface area (Å²) in [6, 6.07) is 0. The van der Waals surface area contributed by atoms with Gasteiger partial charge in [-0.2, -0.15) is 13.2 Å². The third-order valence-corrected chi connectivity index (χ3v) is 2.46. The molecule has 0 N–H and O–H groups in total. The van der Waals surface area contributed by atoms with E-state index in [0.29, 0.717) is 6.42 Å². The Morgan fingerprint density at radius 2 is 1.47 bits per heavy atom. The third kappa shape index (κ3) is 2.89. The maximum Gasteiger partial charge on any atom is 0.415 e. The van der Waals surface area contributed by atoms with Crippen LogP contribution in [0.25, 0.3) is 0 Å². The number of carbonyl (C=O) groups is 2. The fraction of sp³-hybridized carbons (Fsp3) is 0.800. The summed E-state index contributed by atoms with van der Waals surface area (Å²) in [5.41, 5.74) is -3.22. The molecule has 17 heavy (non-hydrogen) atoms. The van der Waals surface area contributed by atoms with Crippen molar-refractivity contribution in [3.05, 3.63) is 0 Å². The van der Waals surface area contributed by atoms with Crippen molar-refractivity contribution in [3.63, 3.8) is 0 Å². The molecule has 0 aromatic heterocycles. The van der Waals surface area contributed by atoms with Crippen molar-refractivity contribution in [2.45, 2.75) is 32.4 Å². The Bertz CT molecular complexity index is 270. The highest BCUT2D eigenvalue weighted by molar-refractivity contribution is 6.01. The van der Waals surface area contributed by atoms with Crippen LogP contribution in [0.1, 0.15) is 26.2 Å². The first-order valence-corrected chi connectivity index (χ1v) is 5.01. The first kappa shape index (κ1) is 15.7. The van der Waals surface area contributed by atoms with Crippen LogP contribution in [0.3, 0.4) is 0 Å². The Hall–Kier alpha value is -1.27. The minimum Gasteiger partial charge on any atom is -0.468 e. The lowest BCUT2D eigenvalue weighted by molar-refractivity contribution is -0.240. The van der Waals surface area contributed by atoms with Crippen molar-refractivity contribution in [2.24, 2.45) is 5.41 Å². The molecular formula is C10H15F3O4. The molecule has 0 bridgehead atoms. The SMILES string of the molecule is CCCCC(C(=O)OC)(C(=O)OC)C(F)(F)F. The molecule has 0 aliphatic rings. The average molecular weight is 256 g/mol. The second-order valence-corrected chi connectivity index (χ2v) is 3.49. The minimum atomic E-state index is -5.04. The number of halogens is 3. The Kier molecular flexibility index (Phi) is 5.44. The van der Waals surface area contributed by atoms with Crippen LogP contribution in [0, 0.1) is 5.41 Å². The predicted molar refractivity (Wildman–Crippen MR) is 52.0 cm³/mol. The maximum absolute atomic E-state index is 13.0. The molecule has 0 aliphatic heterocycles. The van der Waals surface area contributed by atoms with E-state index in [0.717, 1.165) is 14.2 Å². The summed E-state index contributed by atoms with van der Waals surface area (Å²) in [6.45, 7) is 1.65. The molecule has 0 fully saturated rings. The van der Waals surface area contributed by atoms with Crippen LogP contribution in [0.15, 0.2) is 0 Å². The molecule has 0 radical (unpaired) electrons. The van der Waals surface area contributed by atoms with Gasteiger partial charge in [0.25, 0.3) is 5.41 Å². The highest BCUT2D eigenvalue weighted by Gasteiger charge is 2.67. The van der Waals surface area contributed by atoms with Crippen LogP contribution < -0.4 is 0 Å². The number of esters is 2. The summed E-state index contributed by atoms with van der Waals surface area (Å²) in [4.78, 5) is 22.7. The van der Waals surface area contributed by atoms with Gasteiger partial charge in [0, 0.05) is 0 Å². The van der Waals surface area contributed by atoms with Gasteiger partial charge in [-0.05, 0) is 6.42 Å². The molecule has 0 saturated heterocycles. The smallest absolute Gasteiger partial charge is 0.415 e. The van der Waals surface area contributed by atoms with Gasteiger partial charge in [0.15, 0.2) is 0 Å². The van der Waals surface area contributed by atoms with E-state index in [1.165, 1.54) is 0 Å². The summed E-state index contributed by atoms with van der Waals surface area (Å²) >= 11 is 0. The van der Waals surface area contributed by atoms with Crippen LogP contribution in [0.5, 0.6) is 0 Å². The van der Waals surface area contributed by atoms with Gasteiger partial charge in [0.1, 0.15) is 0 Å². The lowest BCUT2D eigenvalue weighted by Crippen LogP contribution is -2.52. The second kappa shape index (κ2) is 5.88. The average Bonchev–Trinajstić information content (AvgIpc) is 2.27. The molecule has 0 atom stereocenters. The highest BCUT2D eigenvalue weighted by Crippen LogP contribution is 2.44. The number of ether oxygens (including phenoxy) is 2. The zero-order valence-corrected chi connectivity index (χ0v) is 9.89. The van der Waals surface area contributed by atoms with Gasteiger partial charge in [-0.1, -0.05) is 19.8 Å². The minimum absolute atomic E-state index is 0.0592. The topological polar surface area (TPSA) is 52.6 Å². The largest absolute Gasteiger partial charge is 0.468 e. The number of methoxy groups -OCH3 is 2. The van der Waals surface area contributed by atoms with Crippen LogP contribution in [0.4, 0.5) is 13.2 Å². The summed E-state index contributed by atoms with van der Waals surface area (Å²) in [5.74, 6) is -3.27. The van der Waals surface area contributed by atoms with Gasteiger partial charge in [0.2, 0.25) is 0 Å². The molecule has 0 saturated carbocycles. The molecule has 4 nitrogen and oxygen atoms in total. The zero-order valence-electron chi connectivity index (χ0n) is 9.89. The molecule has 0 aromatic carbocycles. The van der Waals surface area contributed by atoms with Gasteiger partial charge in [-0.15, -0.1) is 0 Å². The second-order valence-electron chi connectivity index (χ2n) is 3.49. The molecule has 0 unspecified atom stereocenters. The summed E-state index contributed by atoms with van der Waals surface area (Å²) in [7, 11) is 1.61. The Morgan fingerprint density at radius 1 is 1.06 bits per heavy atom. The highest BCUT2D eigenvalue weighted by atomic mass is 19.4. The Labute approximate surface area is 97.1 Å². The van der Waals surface area contributed by atoms with Crippen molar-refractivity contribution in [3.8, 4) is 0 Å². The van der Waals surface area contributed by atoms with E-state index in [1.807, 2.05) is 0 Å². The summed E-state index contributed by atoms with van der Waals surface area (Å²) in [5, 5.41) is 0. The van der Waals surface area contributed by atoms with Crippen molar-refractivity contribution >= 4 is 11.9 Å². The van der Waals surface area contributed by atoms with Crippen molar-refractivity contribution < 1.29 is 32.2 Å². The molecule has 0 rings (SSSR count). The van der Waals surface area contributed by atoms with Crippen molar-refractivity contribution in [1.29, 1.82) is 0 Å². The quantitative estimate of drug-likeness (QED) is 0.558. The normalized spacial score (nSPS) is 12.1. The zero-order chi connectivity index (χ0) is 13.7. The molecule has 0 heterocycles. The third-order valence-electron chi connectivity index (χ3n) is 2.46. The molecule has 0 aromatic rings. The standard InChI is InChI=1S/C10H15F3O4/c1-4-5-6-9(7(14)16-2,8(15)17-3)10(11,12)13/h4-6H2,1-3H3. The molecule has 100 valence electrons. The number of carbonyl (C=O) groups excluding carboxylic acids is 2. The van der Waals surface area contributed by atoms with Gasteiger partial charge in [0.05, 0.1) is 14.2 Å². The first-order valence-electron chi connectivity index (χ1n) is 5.01. The van der Waals surface area contributed by atoms with Crippen LogP contribution in [-0.2, 0) is 19.1 Å². The monoisotopic (exact) mass is 256 g/mol. The first-order chi connectivity index (χ1) is 7.77. The number of unbranched alkanes of at least 4 members (excludes halogenated alkanes) is 1. The molecular weight excluding hydrogens is 241 g/mol. The predicted octanol–water partition coefficient (Wildman–Crippen LogP) is 2.07. The van der Waals surface area contributed by atoms with Gasteiger partial charge < -0.3 is 9.47 Å². The Balaban J connectivity index is 5.53. The van der Waals surface area contributed by atoms with Gasteiger partial charge in [-0.3, -0.25) is 9.59 Å². The Morgan fingerprint density at radius 3 is 1.71 bits per heavy atom. The van der Waals surface area contributed by atoms with E-state index < -0.39 is 30.0 Å². The molecule has 0 spiro atoms. The molecule has 7 heteroatoms. The number of alkyl halides is 3. The number of hydrogen-bond acceptors (Lipinski definition) is 4. The summed E-state index contributed by atoms with van der Waals surface area (Å²) in [6.07, 6.45) is -5.25. The molecule has 0 amide bonds. The van der Waals surface area contributed by atoms with Crippen LogP contribution in [-0.4, -0.2) is 32.3 Å². The van der Waals surface area contributed by atoms with E-state index in [4.69, 9.17) is 0 Å².